The van der Waals surface area contributed by atoms with Crippen molar-refractivity contribution in [3.05, 3.63) is 64.0 Å². The van der Waals surface area contributed by atoms with E-state index in [4.69, 9.17) is 0 Å². The third kappa shape index (κ3) is 3.04. The quantitative estimate of drug-likeness (QED) is 0.690. The fourth-order valence-corrected chi connectivity index (χ4v) is 2.14. The number of aryl methyl sites for hydroxylation is 1. The molecule has 1 aromatic carbocycles. The van der Waals surface area contributed by atoms with Crippen LogP contribution in [0.25, 0.3) is 0 Å². The van der Waals surface area contributed by atoms with Crippen molar-refractivity contribution in [3.8, 4) is 11.9 Å². The monoisotopic (exact) mass is 308 g/mol. The molecule has 0 bridgehead atoms. The van der Waals surface area contributed by atoms with Crippen LogP contribution in [0, 0.1) is 25.2 Å². The topological polar surface area (TPSA) is 90.7 Å². The fourth-order valence-electron chi connectivity index (χ4n) is 2.14. The highest BCUT2D eigenvalue weighted by Gasteiger charge is 2.18. The van der Waals surface area contributed by atoms with Crippen molar-refractivity contribution >= 4 is 11.4 Å². The first-order valence-corrected chi connectivity index (χ1v) is 6.96. The highest BCUT2D eigenvalue weighted by Crippen LogP contribution is 2.27. The van der Waals surface area contributed by atoms with Gasteiger partial charge in [0.05, 0.1) is 5.69 Å². The van der Waals surface area contributed by atoms with E-state index in [0.29, 0.717) is 11.3 Å². The van der Waals surface area contributed by atoms with Gasteiger partial charge in [0.1, 0.15) is 11.6 Å². The molecule has 0 saturated heterocycles. The highest BCUT2D eigenvalue weighted by molar-refractivity contribution is 5.57. The molecule has 23 heavy (non-hydrogen) atoms. The number of nitrogens with zero attached hydrogens (tertiary/aromatic N) is 4. The maximum atomic E-state index is 12.5. The Morgan fingerprint density at radius 2 is 2.04 bits per heavy atom. The molecule has 1 N–H and O–H groups in total. The first-order chi connectivity index (χ1) is 11.0. The molecule has 2 rings (SSSR count). The molecule has 6 heteroatoms. The van der Waals surface area contributed by atoms with Crippen LogP contribution in [-0.4, -0.2) is 9.67 Å². The van der Waals surface area contributed by atoms with Gasteiger partial charge in [-0.1, -0.05) is 24.3 Å². The smallest absolute Gasteiger partial charge is 0.281 e. The van der Waals surface area contributed by atoms with Gasteiger partial charge in [0, 0.05) is 12.1 Å². The Labute approximate surface area is 133 Å². The van der Waals surface area contributed by atoms with Gasteiger partial charge in [-0.15, -0.1) is 11.7 Å². The van der Waals surface area contributed by atoms with Crippen LogP contribution in [-0.2, 0) is 6.54 Å². The summed E-state index contributed by atoms with van der Waals surface area (Å²) in [5, 5.41) is 27.4. The molecule has 0 aliphatic carbocycles. The van der Waals surface area contributed by atoms with Gasteiger partial charge in [-0.25, -0.2) is 0 Å². The summed E-state index contributed by atoms with van der Waals surface area (Å²) in [6.07, 6.45) is 1.46. The van der Waals surface area contributed by atoms with Crippen LogP contribution in [0.4, 0.5) is 11.4 Å². The Kier molecular flexibility index (Phi) is 4.72. The zero-order valence-electron chi connectivity index (χ0n) is 12.9. The molecule has 2 aromatic rings. The van der Waals surface area contributed by atoms with Crippen LogP contribution in [0.5, 0.6) is 5.88 Å². The summed E-state index contributed by atoms with van der Waals surface area (Å²) in [6.45, 7) is 7.06. The summed E-state index contributed by atoms with van der Waals surface area (Å²) in [7, 11) is 0. The fraction of sp³-hybridized carbons (Fsp3) is 0.176. The Balaban J connectivity index is 2.65. The van der Waals surface area contributed by atoms with E-state index in [0.717, 1.165) is 10.1 Å². The molecule has 0 spiro atoms. The average molecular weight is 308 g/mol. The summed E-state index contributed by atoms with van der Waals surface area (Å²) in [6, 6.07) is 9.26. The summed E-state index contributed by atoms with van der Waals surface area (Å²) in [4.78, 5) is 12.5. The molecule has 116 valence electrons. The molecule has 0 fully saturated rings. The normalized spacial score (nSPS) is 10.7. The van der Waals surface area contributed by atoms with E-state index in [9.17, 15) is 15.2 Å². The molecule has 0 aliphatic rings. The number of hydrogen-bond acceptors (Lipinski definition) is 5. The van der Waals surface area contributed by atoms with Crippen LogP contribution in [0.2, 0.25) is 0 Å². The van der Waals surface area contributed by atoms with Gasteiger partial charge in [0.15, 0.2) is 5.69 Å². The lowest BCUT2D eigenvalue weighted by molar-refractivity contribution is 0.414. The molecule has 1 heterocycles. The van der Waals surface area contributed by atoms with Crippen molar-refractivity contribution in [1.29, 1.82) is 5.26 Å². The lowest BCUT2D eigenvalue weighted by Crippen LogP contribution is -2.21. The van der Waals surface area contributed by atoms with Crippen molar-refractivity contribution in [3.63, 3.8) is 0 Å². The lowest BCUT2D eigenvalue weighted by Gasteiger charge is -2.11. The van der Waals surface area contributed by atoms with Crippen molar-refractivity contribution in [2.45, 2.75) is 20.4 Å². The zero-order chi connectivity index (χ0) is 17.0. The average Bonchev–Trinajstić information content (AvgIpc) is 2.53. The summed E-state index contributed by atoms with van der Waals surface area (Å²) in [5.41, 5.74) is 1.37. The third-order valence-corrected chi connectivity index (χ3v) is 3.45. The summed E-state index contributed by atoms with van der Waals surface area (Å²) >= 11 is 0. The maximum absolute atomic E-state index is 12.5. The van der Waals surface area contributed by atoms with Crippen LogP contribution in [0.15, 0.2) is 51.9 Å². The molecule has 0 atom stereocenters. The molecule has 1 aromatic heterocycles. The van der Waals surface area contributed by atoms with Crippen molar-refractivity contribution in [2.24, 2.45) is 10.2 Å². The second-order valence-electron chi connectivity index (χ2n) is 4.97. The highest BCUT2D eigenvalue weighted by atomic mass is 16.3. The van der Waals surface area contributed by atoms with E-state index in [1.165, 1.54) is 6.08 Å². The Bertz CT molecular complexity index is 889. The molecule has 0 aliphatic heterocycles. The van der Waals surface area contributed by atoms with Crippen molar-refractivity contribution in [1.82, 2.24) is 4.57 Å². The second-order valence-corrected chi connectivity index (χ2v) is 4.97. The largest absolute Gasteiger partial charge is 0.493 e. The second kappa shape index (κ2) is 6.71. The standard InChI is InChI=1S/C17H16N4O2/c1-4-9-21-16(22)13(10-18)12(3)15(17(21)23)20-19-14-8-6-5-7-11(14)2/h4-8,22H,1,9H2,2-3H3. The van der Waals surface area contributed by atoms with Gasteiger partial charge < -0.3 is 5.11 Å². The van der Waals surface area contributed by atoms with Crippen LogP contribution < -0.4 is 5.56 Å². The lowest BCUT2D eigenvalue weighted by atomic mass is 10.1. The van der Waals surface area contributed by atoms with E-state index in [2.05, 4.69) is 16.8 Å². The minimum Gasteiger partial charge on any atom is -0.493 e. The molecular weight excluding hydrogens is 292 g/mol. The van der Waals surface area contributed by atoms with Gasteiger partial charge in [-0.3, -0.25) is 9.36 Å². The minimum atomic E-state index is -0.517. The van der Waals surface area contributed by atoms with Gasteiger partial charge in [-0.2, -0.15) is 10.4 Å². The van der Waals surface area contributed by atoms with E-state index in [1.807, 2.05) is 31.2 Å². The van der Waals surface area contributed by atoms with Gasteiger partial charge in [0.25, 0.3) is 5.56 Å². The molecule has 6 nitrogen and oxygen atoms in total. The molecule has 0 radical (unpaired) electrons. The Hall–Kier alpha value is -3.20. The third-order valence-electron chi connectivity index (χ3n) is 3.45. The minimum absolute atomic E-state index is 0.00480. The SMILES string of the molecule is C=CCn1c(O)c(C#N)c(C)c(N=Nc2ccccc2C)c1=O. The number of aromatic nitrogens is 1. The van der Waals surface area contributed by atoms with Gasteiger partial charge in [0.2, 0.25) is 5.88 Å². The maximum Gasteiger partial charge on any atom is 0.281 e. The predicted octanol–water partition coefficient (Wildman–Crippen LogP) is 3.64. The van der Waals surface area contributed by atoms with Gasteiger partial charge in [-0.05, 0) is 25.5 Å². The van der Waals surface area contributed by atoms with E-state index >= 15 is 0 Å². The summed E-state index contributed by atoms with van der Waals surface area (Å²) < 4.78 is 1.05. The molecular formula is C17H16N4O2. The van der Waals surface area contributed by atoms with Crippen LogP contribution >= 0.6 is 0 Å². The van der Waals surface area contributed by atoms with Gasteiger partial charge >= 0.3 is 0 Å². The number of benzene rings is 1. The molecule has 0 saturated carbocycles. The Morgan fingerprint density at radius 1 is 1.35 bits per heavy atom. The predicted molar refractivity (Wildman–Crippen MR) is 87.4 cm³/mol. The first kappa shape index (κ1) is 16.2. The number of rotatable bonds is 4. The van der Waals surface area contributed by atoms with Crippen LogP contribution in [0.3, 0.4) is 0 Å². The molecule has 0 unspecified atom stereocenters. The number of hydrogen-bond donors (Lipinski definition) is 1. The number of azo groups is 1. The number of allylic oxidation sites excluding steroid dienone is 1. The first-order valence-electron chi connectivity index (χ1n) is 6.96. The van der Waals surface area contributed by atoms with Crippen LogP contribution in [0.1, 0.15) is 16.7 Å². The number of pyridine rings is 1. The summed E-state index contributed by atoms with van der Waals surface area (Å²) in [5.74, 6) is -0.384. The van der Waals surface area contributed by atoms with E-state index in [-0.39, 0.29) is 23.7 Å². The van der Waals surface area contributed by atoms with Crippen molar-refractivity contribution in [2.75, 3.05) is 0 Å². The number of nitriles is 1. The molecule has 0 amide bonds. The number of aromatic hydroxyl groups is 1. The Morgan fingerprint density at radius 3 is 2.65 bits per heavy atom. The zero-order valence-corrected chi connectivity index (χ0v) is 12.9. The van der Waals surface area contributed by atoms with Crippen molar-refractivity contribution < 1.29 is 5.11 Å². The van der Waals surface area contributed by atoms with E-state index < -0.39 is 5.56 Å². The van der Waals surface area contributed by atoms with E-state index in [1.54, 1.807) is 13.0 Å².